The largest absolute Gasteiger partial charge is 0.312 e. The molecule has 0 aromatic heterocycles. The Morgan fingerprint density at radius 3 is 2.25 bits per heavy atom. The predicted octanol–water partition coefficient (Wildman–Crippen LogP) is 1.78. The minimum atomic E-state index is 0. The molecule has 0 atom stereocenters. The quantitative estimate of drug-likeness (QED) is 0.578. The van der Waals surface area contributed by atoms with Gasteiger partial charge in [0, 0.05) is 13.5 Å². The maximum absolute atomic E-state index is 3.48. The van der Waals surface area contributed by atoms with Gasteiger partial charge in [-0.1, -0.05) is 20.3 Å². The van der Waals surface area contributed by atoms with Crippen LogP contribution in [0.1, 0.15) is 34.5 Å². The maximum Gasteiger partial charge on any atom is 0.00694 e. The first-order chi connectivity index (χ1) is 3.79. The van der Waals surface area contributed by atoms with E-state index in [2.05, 4.69) is 19.2 Å². The molecule has 0 bridgehead atoms. The van der Waals surface area contributed by atoms with E-state index in [1.54, 1.807) is 0 Å². The summed E-state index contributed by atoms with van der Waals surface area (Å²) < 4.78 is 0. The van der Waals surface area contributed by atoms with Gasteiger partial charge in [-0.3, -0.25) is 0 Å². The van der Waals surface area contributed by atoms with Gasteiger partial charge < -0.3 is 5.32 Å². The predicted molar refractivity (Wildman–Crippen MR) is 38.0 cm³/mol. The van der Waals surface area contributed by atoms with Crippen LogP contribution in [0.2, 0.25) is 0 Å². The van der Waals surface area contributed by atoms with Crippen LogP contribution < -0.4 is 5.32 Å². The molecule has 1 heteroatoms. The van der Waals surface area contributed by atoms with Crippen LogP contribution in [0.5, 0.6) is 0 Å². The minimum absolute atomic E-state index is 0. The molecule has 1 rings (SSSR count). The molecule has 0 saturated heterocycles. The summed E-state index contributed by atoms with van der Waals surface area (Å²) in [4.78, 5) is 0. The van der Waals surface area contributed by atoms with Crippen molar-refractivity contribution in [3.63, 3.8) is 0 Å². The smallest absolute Gasteiger partial charge is 0.00694 e. The Morgan fingerprint density at radius 2 is 2.12 bits per heavy atom. The Bertz CT molecular complexity index is 69.3. The molecule has 0 aliphatic heterocycles. The van der Waals surface area contributed by atoms with E-state index in [1.165, 1.54) is 19.3 Å². The molecule has 1 nitrogen and oxygen atoms in total. The molecule has 1 aliphatic carbocycles. The van der Waals surface area contributed by atoms with Gasteiger partial charge in [-0.2, -0.15) is 0 Å². The fraction of sp³-hybridized carbons (Fsp3) is 1.00. The molecule has 0 heterocycles. The van der Waals surface area contributed by atoms with Crippen LogP contribution in [-0.2, 0) is 0 Å². The van der Waals surface area contributed by atoms with Crippen LogP contribution >= 0.6 is 0 Å². The van der Waals surface area contributed by atoms with Crippen LogP contribution in [0, 0.1) is 0 Å². The zero-order chi connectivity index (χ0) is 5.98. The molecule has 0 aromatic rings. The Labute approximate surface area is 53.0 Å². The van der Waals surface area contributed by atoms with Gasteiger partial charge in [-0.25, -0.2) is 0 Å². The van der Waals surface area contributed by atoms with E-state index in [9.17, 15) is 0 Å². The lowest BCUT2D eigenvalue weighted by Crippen LogP contribution is -2.39. The molecular weight excluding hydrogens is 98.1 g/mol. The van der Waals surface area contributed by atoms with Crippen LogP contribution in [-0.4, -0.2) is 12.1 Å². The number of hydrogen-bond acceptors (Lipinski definition) is 1. The Hall–Kier alpha value is -0.0400. The highest BCUT2D eigenvalue weighted by atomic mass is 14.9. The molecule has 1 saturated carbocycles. The Balaban J connectivity index is 0.000000640. The molecule has 0 aromatic carbocycles. The van der Waals surface area contributed by atoms with Crippen molar-refractivity contribution in [3.8, 4) is 0 Å². The van der Waals surface area contributed by atoms with Crippen LogP contribution in [0.25, 0.3) is 0 Å². The molecule has 50 valence electrons. The van der Waals surface area contributed by atoms with E-state index in [0.717, 1.165) is 6.04 Å². The van der Waals surface area contributed by atoms with Gasteiger partial charge in [-0.05, 0) is 12.8 Å². The summed E-state index contributed by atoms with van der Waals surface area (Å²) in [5.41, 5.74) is 0. The third kappa shape index (κ3) is 1.48. The summed E-state index contributed by atoms with van der Waals surface area (Å²) in [6.45, 7) is 4.41. The topological polar surface area (TPSA) is 12.0 Å². The first-order valence-electron chi connectivity index (χ1n) is 3.55. The minimum Gasteiger partial charge on any atom is -0.312 e. The summed E-state index contributed by atoms with van der Waals surface area (Å²) in [5.74, 6) is 0. The van der Waals surface area contributed by atoms with Gasteiger partial charge in [0.1, 0.15) is 0 Å². The number of nitrogens with one attached hydrogen (secondary N) is 1. The van der Waals surface area contributed by atoms with E-state index < -0.39 is 0 Å². The standard InChI is InChI=1S/C7H15N.H2/c1-6(2)8-7-4-3-5-7;/h6-8H,3-5H2,1-2H3;1H. The highest BCUT2D eigenvalue weighted by Crippen LogP contribution is 2.18. The molecule has 0 unspecified atom stereocenters. The Kier molecular flexibility index (Phi) is 1.90. The second kappa shape index (κ2) is 2.49. The highest BCUT2D eigenvalue weighted by Gasteiger charge is 2.16. The summed E-state index contributed by atoms with van der Waals surface area (Å²) in [5, 5.41) is 3.48. The van der Waals surface area contributed by atoms with E-state index in [-0.39, 0.29) is 1.43 Å². The third-order valence-corrected chi connectivity index (χ3v) is 1.67. The van der Waals surface area contributed by atoms with Crippen molar-refractivity contribution in [3.05, 3.63) is 0 Å². The second-order valence-electron chi connectivity index (χ2n) is 2.95. The van der Waals surface area contributed by atoms with Crippen molar-refractivity contribution in [2.75, 3.05) is 0 Å². The first kappa shape index (κ1) is 6.09. The fourth-order valence-electron chi connectivity index (χ4n) is 1.05. The lowest BCUT2D eigenvalue weighted by Gasteiger charge is -2.28. The van der Waals surface area contributed by atoms with E-state index in [4.69, 9.17) is 0 Å². The van der Waals surface area contributed by atoms with Crippen molar-refractivity contribution in [2.24, 2.45) is 0 Å². The normalized spacial score (nSPS) is 21.4. The van der Waals surface area contributed by atoms with Gasteiger partial charge >= 0.3 is 0 Å². The molecule has 1 N–H and O–H groups in total. The molecule has 0 spiro atoms. The van der Waals surface area contributed by atoms with Gasteiger partial charge in [0.15, 0.2) is 0 Å². The van der Waals surface area contributed by atoms with Crippen molar-refractivity contribution in [1.82, 2.24) is 5.32 Å². The molecule has 1 aliphatic rings. The van der Waals surface area contributed by atoms with E-state index >= 15 is 0 Å². The summed E-state index contributed by atoms with van der Waals surface area (Å²) in [7, 11) is 0. The second-order valence-corrected chi connectivity index (χ2v) is 2.95. The van der Waals surface area contributed by atoms with Gasteiger partial charge in [-0.15, -0.1) is 0 Å². The van der Waals surface area contributed by atoms with E-state index in [0.29, 0.717) is 6.04 Å². The molecule has 8 heavy (non-hydrogen) atoms. The zero-order valence-corrected chi connectivity index (χ0v) is 5.78. The SMILES string of the molecule is CC(C)NC1CCC1.[HH]. The van der Waals surface area contributed by atoms with Crippen LogP contribution in [0.4, 0.5) is 0 Å². The van der Waals surface area contributed by atoms with Crippen molar-refractivity contribution < 1.29 is 1.43 Å². The summed E-state index contributed by atoms with van der Waals surface area (Å²) in [6.07, 6.45) is 4.24. The molecular formula is C7H17N. The molecule has 0 amide bonds. The van der Waals surface area contributed by atoms with E-state index in [1.807, 2.05) is 0 Å². The van der Waals surface area contributed by atoms with Gasteiger partial charge in [0.2, 0.25) is 0 Å². The number of rotatable bonds is 2. The fourth-order valence-corrected chi connectivity index (χ4v) is 1.05. The van der Waals surface area contributed by atoms with Crippen LogP contribution in [0.15, 0.2) is 0 Å². The maximum atomic E-state index is 3.48. The van der Waals surface area contributed by atoms with Crippen molar-refractivity contribution in [1.29, 1.82) is 0 Å². The molecule has 0 radical (unpaired) electrons. The number of hydrogen-bond donors (Lipinski definition) is 1. The van der Waals surface area contributed by atoms with Crippen LogP contribution in [0.3, 0.4) is 0 Å². The lowest BCUT2D eigenvalue weighted by molar-refractivity contribution is 0.318. The van der Waals surface area contributed by atoms with Gasteiger partial charge in [0.05, 0.1) is 0 Å². The molecule has 1 fully saturated rings. The third-order valence-electron chi connectivity index (χ3n) is 1.67. The summed E-state index contributed by atoms with van der Waals surface area (Å²) in [6, 6.07) is 1.54. The highest BCUT2D eigenvalue weighted by molar-refractivity contribution is 4.77. The van der Waals surface area contributed by atoms with Gasteiger partial charge in [0.25, 0.3) is 0 Å². The average molecular weight is 115 g/mol. The lowest BCUT2D eigenvalue weighted by atomic mass is 9.93. The van der Waals surface area contributed by atoms with Crippen molar-refractivity contribution >= 4 is 0 Å². The monoisotopic (exact) mass is 115 g/mol. The zero-order valence-electron chi connectivity index (χ0n) is 5.78. The average Bonchev–Trinajstić information content (AvgIpc) is 1.55. The first-order valence-corrected chi connectivity index (χ1v) is 3.55. The Morgan fingerprint density at radius 1 is 1.50 bits per heavy atom. The summed E-state index contributed by atoms with van der Waals surface area (Å²) >= 11 is 0. The van der Waals surface area contributed by atoms with Crippen molar-refractivity contribution in [2.45, 2.75) is 45.2 Å².